The largest absolute Gasteiger partial charge is 0.0845 e. The van der Waals surface area contributed by atoms with Crippen LogP contribution >= 0.6 is 0 Å². The molecule has 0 saturated carbocycles. The molecule has 2 aliphatic carbocycles. The summed E-state index contributed by atoms with van der Waals surface area (Å²) < 4.78 is 0. The van der Waals surface area contributed by atoms with Gasteiger partial charge in [-0.05, 0) is 31.1 Å². The first-order chi connectivity index (χ1) is 7.71. The molecule has 86 valence electrons. The van der Waals surface area contributed by atoms with Crippen molar-refractivity contribution >= 4 is 0 Å². The molecule has 0 heteroatoms. The molecule has 0 fully saturated rings. The number of hydrogen-bond acceptors (Lipinski definition) is 0. The Bertz CT molecular complexity index is 338. The summed E-state index contributed by atoms with van der Waals surface area (Å²) in [5.41, 5.74) is 1.87. The average molecular weight is 214 g/mol. The molecule has 0 nitrogen and oxygen atoms in total. The van der Waals surface area contributed by atoms with Crippen molar-refractivity contribution in [2.75, 3.05) is 0 Å². The van der Waals surface area contributed by atoms with Gasteiger partial charge in [0.1, 0.15) is 0 Å². The van der Waals surface area contributed by atoms with E-state index in [-0.39, 0.29) is 5.41 Å². The van der Waals surface area contributed by atoms with Crippen molar-refractivity contribution in [3.63, 3.8) is 0 Å². The molecule has 0 radical (unpaired) electrons. The van der Waals surface area contributed by atoms with Crippen LogP contribution in [0.15, 0.2) is 48.1 Å². The lowest BCUT2D eigenvalue weighted by Gasteiger charge is -2.33. The molecule has 0 atom stereocenters. The zero-order valence-electron chi connectivity index (χ0n) is 10.4. The Balaban J connectivity index is 2.20. The molecule has 16 heavy (non-hydrogen) atoms. The topological polar surface area (TPSA) is 0 Å². The van der Waals surface area contributed by atoms with E-state index in [1.54, 1.807) is 5.57 Å². The first-order valence-electron chi connectivity index (χ1n) is 6.42. The maximum Gasteiger partial charge on any atom is 0.00413 e. The smallest absolute Gasteiger partial charge is 0.00413 e. The van der Waals surface area contributed by atoms with Crippen LogP contribution in [-0.4, -0.2) is 0 Å². The minimum absolute atomic E-state index is 0.269. The van der Waals surface area contributed by atoms with Gasteiger partial charge in [-0.2, -0.15) is 0 Å². The van der Waals surface area contributed by atoms with Crippen LogP contribution in [-0.2, 0) is 0 Å². The molecule has 0 bridgehead atoms. The highest BCUT2D eigenvalue weighted by Crippen LogP contribution is 2.41. The van der Waals surface area contributed by atoms with Crippen LogP contribution in [0.5, 0.6) is 0 Å². The first-order valence-corrected chi connectivity index (χ1v) is 6.42. The van der Waals surface area contributed by atoms with Gasteiger partial charge in [-0.15, -0.1) is 0 Å². The predicted molar refractivity (Wildman–Crippen MR) is 71.2 cm³/mol. The SMILES string of the molecule is CC(C)(C1=CC=CCCCC1)C1C=CC=C1. The lowest BCUT2D eigenvalue weighted by Crippen LogP contribution is -2.23. The fourth-order valence-corrected chi connectivity index (χ4v) is 2.61. The third-order valence-electron chi connectivity index (χ3n) is 3.91. The van der Waals surface area contributed by atoms with Gasteiger partial charge in [-0.25, -0.2) is 0 Å². The van der Waals surface area contributed by atoms with E-state index in [1.807, 2.05) is 0 Å². The van der Waals surface area contributed by atoms with Crippen LogP contribution in [0.2, 0.25) is 0 Å². The number of rotatable bonds is 2. The van der Waals surface area contributed by atoms with Gasteiger partial charge in [0.25, 0.3) is 0 Å². The second-order valence-corrected chi connectivity index (χ2v) is 5.38. The third-order valence-corrected chi connectivity index (χ3v) is 3.91. The molecular formula is C16H22. The quantitative estimate of drug-likeness (QED) is 0.618. The second-order valence-electron chi connectivity index (χ2n) is 5.38. The van der Waals surface area contributed by atoms with Gasteiger partial charge in [-0.1, -0.05) is 62.0 Å². The van der Waals surface area contributed by atoms with Gasteiger partial charge >= 0.3 is 0 Å². The molecule has 0 spiro atoms. The van der Waals surface area contributed by atoms with Gasteiger partial charge in [0.15, 0.2) is 0 Å². The van der Waals surface area contributed by atoms with Crippen molar-refractivity contribution in [3.05, 3.63) is 48.1 Å². The van der Waals surface area contributed by atoms with Gasteiger partial charge in [0, 0.05) is 5.92 Å². The minimum atomic E-state index is 0.269. The van der Waals surface area contributed by atoms with Gasteiger partial charge in [0.05, 0.1) is 0 Å². The standard InChI is InChI=1S/C16H22/c1-16(2,15-12-8-9-13-15)14-10-6-4-3-5-7-11-14/h4,6,8-10,12-13,15H,3,5,7,11H2,1-2H3. The Labute approximate surface area is 99.4 Å². The van der Waals surface area contributed by atoms with Crippen molar-refractivity contribution in [1.82, 2.24) is 0 Å². The van der Waals surface area contributed by atoms with Crippen LogP contribution in [0.3, 0.4) is 0 Å². The van der Waals surface area contributed by atoms with Crippen LogP contribution < -0.4 is 0 Å². The van der Waals surface area contributed by atoms with Crippen LogP contribution in [0, 0.1) is 11.3 Å². The van der Waals surface area contributed by atoms with E-state index in [0.29, 0.717) is 5.92 Å². The summed E-state index contributed by atoms with van der Waals surface area (Å²) in [6.45, 7) is 4.75. The molecule has 0 aromatic rings. The van der Waals surface area contributed by atoms with E-state index in [0.717, 1.165) is 0 Å². The van der Waals surface area contributed by atoms with Crippen molar-refractivity contribution in [2.45, 2.75) is 39.5 Å². The summed E-state index contributed by atoms with van der Waals surface area (Å²) in [4.78, 5) is 0. The maximum absolute atomic E-state index is 2.37. The van der Waals surface area contributed by atoms with Crippen molar-refractivity contribution < 1.29 is 0 Å². The van der Waals surface area contributed by atoms with Crippen molar-refractivity contribution in [3.8, 4) is 0 Å². The van der Waals surface area contributed by atoms with E-state index in [1.165, 1.54) is 25.7 Å². The Morgan fingerprint density at radius 2 is 1.81 bits per heavy atom. The van der Waals surface area contributed by atoms with E-state index in [2.05, 4.69) is 56.4 Å². The monoisotopic (exact) mass is 214 g/mol. The maximum atomic E-state index is 2.37. The summed E-state index contributed by atoms with van der Waals surface area (Å²) in [7, 11) is 0. The first kappa shape index (κ1) is 11.4. The number of allylic oxidation sites excluding steroid dienone is 8. The highest BCUT2D eigenvalue weighted by atomic mass is 14.3. The summed E-state index contributed by atoms with van der Waals surface area (Å²) in [5.74, 6) is 0.576. The molecular weight excluding hydrogens is 192 g/mol. The molecule has 0 N–H and O–H groups in total. The summed E-state index contributed by atoms with van der Waals surface area (Å²) in [5, 5.41) is 0. The zero-order chi connectivity index (χ0) is 11.4. The molecule has 0 saturated heterocycles. The van der Waals surface area contributed by atoms with E-state index in [4.69, 9.17) is 0 Å². The minimum Gasteiger partial charge on any atom is -0.0845 e. The summed E-state index contributed by atoms with van der Waals surface area (Å²) >= 11 is 0. The van der Waals surface area contributed by atoms with Gasteiger partial charge in [-0.3, -0.25) is 0 Å². The Kier molecular flexibility index (Phi) is 3.48. The second kappa shape index (κ2) is 4.86. The van der Waals surface area contributed by atoms with Crippen LogP contribution in [0.25, 0.3) is 0 Å². The van der Waals surface area contributed by atoms with Crippen molar-refractivity contribution in [1.29, 1.82) is 0 Å². The molecule has 0 aliphatic heterocycles. The lowest BCUT2D eigenvalue weighted by atomic mass is 9.71. The van der Waals surface area contributed by atoms with E-state index in [9.17, 15) is 0 Å². The average Bonchev–Trinajstić information content (AvgIpc) is 2.68. The summed E-state index contributed by atoms with van der Waals surface area (Å²) in [6, 6.07) is 0. The highest BCUT2D eigenvalue weighted by Gasteiger charge is 2.30. The Morgan fingerprint density at radius 1 is 1.06 bits per heavy atom. The molecule has 0 aromatic carbocycles. The normalized spacial score (nSPS) is 22.0. The predicted octanol–water partition coefficient (Wildman–Crippen LogP) is 4.81. The molecule has 0 aromatic heterocycles. The van der Waals surface area contributed by atoms with Crippen LogP contribution in [0.4, 0.5) is 0 Å². The fraction of sp³-hybridized carbons (Fsp3) is 0.500. The van der Waals surface area contributed by atoms with Crippen molar-refractivity contribution in [2.24, 2.45) is 11.3 Å². The Morgan fingerprint density at radius 3 is 2.56 bits per heavy atom. The van der Waals surface area contributed by atoms with Gasteiger partial charge in [0.2, 0.25) is 0 Å². The third kappa shape index (κ3) is 2.37. The Hall–Kier alpha value is -1.04. The molecule has 2 rings (SSSR count). The molecule has 2 aliphatic rings. The number of hydrogen-bond donors (Lipinski definition) is 0. The lowest BCUT2D eigenvalue weighted by molar-refractivity contribution is 0.360. The fourth-order valence-electron chi connectivity index (χ4n) is 2.61. The molecule has 0 heterocycles. The summed E-state index contributed by atoms with van der Waals surface area (Å²) in [6.07, 6.45) is 21.1. The van der Waals surface area contributed by atoms with E-state index < -0.39 is 0 Å². The molecule has 0 amide bonds. The highest BCUT2D eigenvalue weighted by molar-refractivity contribution is 5.29. The molecule has 0 unspecified atom stereocenters. The van der Waals surface area contributed by atoms with Gasteiger partial charge < -0.3 is 0 Å². The van der Waals surface area contributed by atoms with E-state index >= 15 is 0 Å². The zero-order valence-corrected chi connectivity index (χ0v) is 10.4. The van der Waals surface area contributed by atoms with Crippen LogP contribution in [0.1, 0.15) is 39.5 Å².